The highest BCUT2D eigenvalue weighted by atomic mass is 16.2. The lowest BCUT2D eigenvalue weighted by atomic mass is 10.1. The molecule has 24 heavy (non-hydrogen) atoms. The van der Waals surface area contributed by atoms with Gasteiger partial charge < -0.3 is 15.3 Å². The SMILES string of the molecule is O=C(NCC(=O)c1c[nH]c2ccccc12)c1cc2ccccc2[nH]1. The zero-order valence-electron chi connectivity index (χ0n) is 12.8. The molecular formula is C19H15N3O2. The number of carbonyl (C=O) groups excluding carboxylic acids is 2. The molecule has 0 saturated carbocycles. The highest BCUT2D eigenvalue weighted by Crippen LogP contribution is 2.18. The van der Waals surface area contributed by atoms with Crippen LogP contribution in [0.25, 0.3) is 21.8 Å². The van der Waals surface area contributed by atoms with Crippen LogP contribution in [0.4, 0.5) is 0 Å². The molecule has 5 heteroatoms. The number of hydrogen-bond acceptors (Lipinski definition) is 2. The fourth-order valence-electron chi connectivity index (χ4n) is 2.85. The summed E-state index contributed by atoms with van der Waals surface area (Å²) in [4.78, 5) is 30.8. The summed E-state index contributed by atoms with van der Waals surface area (Å²) in [7, 11) is 0. The zero-order chi connectivity index (χ0) is 16.5. The van der Waals surface area contributed by atoms with Crippen molar-refractivity contribution in [3.05, 3.63) is 72.1 Å². The van der Waals surface area contributed by atoms with Crippen molar-refractivity contribution >= 4 is 33.5 Å². The second-order valence-electron chi connectivity index (χ2n) is 5.62. The van der Waals surface area contributed by atoms with E-state index in [0.29, 0.717) is 11.3 Å². The Hall–Kier alpha value is -3.34. The van der Waals surface area contributed by atoms with Crippen LogP contribution in [-0.4, -0.2) is 28.2 Å². The van der Waals surface area contributed by atoms with Crippen LogP contribution in [0.5, 0.6) is 0 Å². The van der Waals surface area contributed by atoms with Gasteiger partial charge in [-0.2, -0.15) is 0 Å². The number of benzene rings is 2. The van der Waals surface area contributed by atoms with Crippen molar-refractivity contribution in [2.45, 2.75) is 0 Å². The maximum atomic E-state index is 12.4. The Morgan fingerprint density at radius 1 is 0.958 bits per heavy atom. The summed E-state index contributed by atoms with van der Waals surface area (Å²) >= 11 is 0. The standard InChI is InChI=1S/C19H15N3O2/c23-18(14-10-20-16-8-4-2-6-13(14)16)11-21-19(24)17-9-12-5-1-3-7-15(12)22-17/h1-10,20,22H,11H2,(H,21,24). The second-order valence-corrected chi connectivity index (χ2v) is 5.62. The van der Waals surface area contributed by atoms with E-state index in [1.54, 1.807) is 12.3 Å². The molecule has 3 N–H and O–H groups in total. The minimum Gasteiger partial charge on any atom is -0.360 e. The normalized spacial score (nSPS) is 11.0. The van der Waals surface area contributed by atoms with Gasteiger partial charge in [0.15, 0.2) is 5.78 Å². The number of rotatable bonds is 4. The number of aromatic amines is 2. The molecule has 4 aromatic rings. The number of amides is 1. The van der Waals surface area contributed by atoms with Crippen molar-refractivity contribution in [3.63, 3.8) is 0 Å². The minimum atomic E-state index is -0.292. The van der Waals surface area contributed by atoms with Gasteiger partial charge in [-0.1, -0.05) is 36.4 Å². The molecule has 0 aliphatic carbocycles. The van der Waals surface area contributed by atoms with Crippen LogP contribution in [-0.2, 0) is 0 Å². The molecule has 1 amide bonds. The third kappa shape index (κ3) is 2.46. The lowest BCUT2D eigenvalue weighted by Crippen LogP contribution is -2.29. The summed E-state index contributed by atoms with van der Waals surface area (Å²) in [6.45, 7) is -0.0456. The number of aromatic nitrogens is 2. The predicted octanol–water partition coefficient (Wildman–Crippen LogP) is 3.26. The molecule has 0 aliphatic rings. The fraction of sp³-hybridized carbons (Fsp3) is 0.0526. The van der Waals surface area contributed by atoms with Crippen molar-refractivity contribution in [2.24, 2.45) is 0 Å². The number of nitrogens with one attached hydrogen (secondary N) is 3. The number of fused-ring (bicyclic) bond motifs is 2. The second kappa shape index (κ2) is 5.70. The number of carbonyl (C=O) groups is 2. The first-order valence-corrected chi connectivity index (χ1v) is 7.67. The van der Waals surface area contributed by atoms with Crippen LogP contribution in [0.15, 0.2) is 60.8 Å². The first kappa shape index (κ1) is 14.3. The molecule has 2 heterocycles. The van der Waals surface area contributed by atoms with Gasteiger partial charge in [0.2, 0.25) is 0 Å². The van der Waals surface area contributed by atoms with Gasteiger partial charge in [0, 0.05) is 33.6 Å². The van der Waals surface area contributed by atoms with E-state index < -0.39 is 0 Å². The number of para-hydroxylation sites is 2. The summed E-state index contributed by atoms with van der Waals surface area (Å²) in [6, 6.07) is 17.0. The number of Topliss-reactive ketones (excluding diaryl/α,β-unsaturated/α-hetero) is 1. The Bertz CT molecular complexity index is 1030. The maximum Gasteiger partial charge on any atom is 0.268 e. The van der Waals surface area contributed by atoms with E-state index in [1.165, 1.54) is 0 Å². The van der Waals surface area contributed by atoms with E-state index in [4.69, 9.17) is 0 Å². The summed E-state index contributed by atoms with van der Waals surface area (Å²) in [5.74, 6) is -0.420. The summed E-state index contributed by atoms with van der Waals surface area (Å²) in [5, 5.41) is 4.51. The number of hydrogen-bond donors (Lipinski definition) is 3. The molecule has 0 radical (unpaired) electrons. The van der Waals surface area contributed by atoms with Gasteiger partial charge in [-0.05, 0) is 18.2 Å². The average molecular weight is 317 g/mol. The number of H-pyrrole nitrogens is 2. The predicted molar refractivity (Wildman–Crippen MR) is 93.3 cm³/mol. The largest absolute Gasteiger partial charge is 0.360 e. The van der Waals surface area contributed by atoms with E-state index in [2.05, 4.69) is 15.3 Å². The smallest absolute Gasteiger partial charge is 0.268 e. The lowest BCUT2D eigenvalue weighted by Gasteiger charge is -2.02. The van der Waals surface area contributed by atoms with Gasteiger partial charge in [-0.25, -0.2) is 0 Å². The van der Waals surface area contributed by atoms with E-state index in [1.807, 2.05) is 48.5 Å². The van der Waals surface area contributed by atoms with Gasteiger partial charge >= 0.3 is 0 Å². The molecule has 0 unspecified atom stereocenters. The lowest BCUT2D eigenvalue weighted by molar-refractivity contribution is 0.0902. The van der Waals surface area contributed by atoms with Crippen LogP contribution >= 0.6 is 0 Å². The minimum absolute atomic E-state index is 0.0456. The monoisotopic (exact) mass is 317 g/mol. The Balaban J connectivity index is 1.49. The first-order valence-electron chi connectivity index (χ1n) is 7.67. The first-order chi connectivity index (χ1) is 11.7. The molecule has 2 aromatic heterocycles. The van der Waals surface area contributed by atoms with Gasteiger partial charge in [-0.3, -0.25) is 9.59 Å². The number of ketones is 1. The molecule has 0 fully saturated rings. The molecular weight excluding hydrogens is 302 g/mol. The molecule has 0 saturated heterocycles. The summed E-state index contributed by atoms with van der Waals surface area (Å²) in [6.07, 6.45) is 1.68. The van der Waals surface area contributed by atoms with Crippen LogP contribution in [0.1, 0.15) is 20.8 Å². The molecule has 0 aliphatic heterocycles. The average Bonchev–Trinajstić information content (AvgIpc) is 3.23. The van der Waals surface area contributed by atoms with Crippen molar-refractivity contribution in [1.82, 2.24) is 15.3 Å². The Labute approximate surface area is 137 Å². The van der Waals surface area contributed by atoms with Gasteiger partial charge in [-0.15, -0.1) is 0 Å². The Morgan fingerprint density at radius 3 is 2.54 bits per heavy atom. The van der Waals surface area contributed by atoms with Gasteiger partial charge in [0.25, 0.3) is 5.91 Å². The van der Waals surface area contributed by atoms with E-state index in [0.717, 1.165) is 21.8 Å². The van der Waals surface area contributed by atoms with E-state index in [-0.39, 0.29) is 18.2 Å². The van der Waals surface area contributed by atoms with Crippen molar-refractivity contribution < 1.29 is 9.59 Å². The van der Waals surface area contributed by atoms with Gasteiger partial charge in [0.1, 0.15) is 5.69 Å². The molecule has 5 nitrogen and oxygen atoms in total. The third-order valence-corrected chi connectivity index (χ3v) is 4.07. The maximum absolute atomic E-state index is 12.4. The van der Waals surface area contributed by atoms with Crippen molar-refractivity contribution in [1.29, 1.82) is 0 Å². The molecule has 0 atom stereocenters. The molecule has 0 bridgehead atoms. The van der Waals surface area contributed by atoms with Crippen LogP contribution < -0.4 is 5.32 Å². The molecule has 0 spiro atoms. The van der Waals surface area contributed by atoms with Crippen molar-refractivity contribution in [3.8, 4) is 0 Å². The molecule has 118 valence electrons. The summed E-state index contributed by atoms with van der Waals surface area (Å²) < 4.78 is 0. The van der Waals surface area contributed by atoms with Crippen LogP contribution in [0.2, 0.25) is 0 Å². The van der Waals surface area contributed by atoms with E-state index >= 15 is 0 Å². The third-order valence-electron chi connectivity index (χ3n) is 4.07. The van der Waals surface area contributed by atoms with Crippen LogP contribution in [0.3, 0.4) is 0 Å². The fourth-order valence-corrected chi connectivity index (χ4v) is 2.85. The Kier molecular flexibility index (Phi) is 3.39. The molecule has 4 rings (SSSR count). The van der Waals surface area contributed by atoms with Crippen LogP contribution in [0, 0.1) is 0 Å². The van der Waals surface area contributed by atoms with Gasteiger partial charge in [0.05, 0.1) is 6.54 Å². The van der Waals surface area contributed by atoms with E-state index in [9.17, 15) is 9.59 Å². The zero-order valence-corrected chi connectivity index (χ0v) is 12.8. The highest BCUT2D eigenvalue weighted by Gasteiger charge is 2.14. The summed E-state index contributed by atoms with van der Waals surface area (Å²) in [5.41, 5.74) is 2.83. The Morgan fingerprint density at radius 2 is 1.71 bits per heavy atom. The quantitative estimate of drug-likeness (QED) is 0.505. The molecule has 2 aromatic carbocycles. The van der Waals surface area contributed by atoms with Crippen molar-refractivity contribution in [2.75, 3.05) is 6.54 Å². The topological polar surface area (TPSA) is 77.8 Å². The highest BCUT2D eigenvalue weighted by molar-refractivity contribution is 6.10.